The molecule has 0 saturated heterocycles. The number of halogens is 1. The van der Waals surface area contributed by atoms with Crippen LogP contribution in [-0.2, 0) is 6.42 Å². The van der Waals surface area contributed by atoms with Crippen LogP contribution in [0.25, 0.3) is 10.2 Å². The molecule has 2 heterocycles. The summed E-state index contributed by atoms with van der Waals surface area (Å²) in [5, 5.41) is 8.05. The fourth-order valence-electron chi connectivity index (χ4n) is 3.90. The molecule has 0 bridgehead atoms. The first kappa shape index (κ1) is 21.4. The first-order valence-corrected chi connectivity index (χ1v) is 11.6. The molecule has 2 N–H and O–H groups in total. The lowest BCUT2D eigenvalue weighted by Crippen LogP contribution is -2.22. The lowest BCUT2D eigenvalue weighted by atomic mass is 9.93. The van der Waals surface area contributed by atoms with Gasteiger partial charge in [0.25, 0.3) is 11.8 Å². The number of aromatic nitrogens is 1. The first-order chi connectivity index (χ1) is 16.0. The number of carbonyl (C=O) groups excluding carboxylic acids is 2. The van der Waals surface area contributed by atoms with Crippen molar-refractivity contribution in [3.8, 4) is 0 Å². The second-order valence-corrected chi connectivity index (χ2v) is 9.07. The Balaban J connectivity index is 1.39. The van der Waals surface area contributed by atoms with Crippen molar-refractivity contribution in [3.63, 3.8) is 0 Å². The summed E-state index contributed by atoms with van der Waals surface area (Å²) in [5.74, 6) is 0.167. The van der Waals surface area contributed by atoms with Gasteiger partial charge in [0.1, 0.15) is 5.76 Å². The standard InChI is InChI=1S/C24H19ClN4O3S/c1-13-20-17(28-29-22(30)14-7-2-3-8-15(14)25)10-6-11-18(20)32-21(13)23(31)27-24-26-16-9-4-5-12-19(16)33-24/h2-5,7-9,12H,6,10-11H2,1H3,(H,29,30)(H,26,27,31)/b28-17+. The molecular formula is C24H19ClN4O3S. The van der Waals surface area contributed by atoms with Gasteiger partial charge >= 0.3 is 0 Å². The quantitative estimate of drug-likeness (QED) is 0.374. The number of carbonyl (C=O) groups is 2. The highest BCUT2D eigenvalue weighted by Crippen LogP contribution is 2.31. The normalized spacial score (nSPS) is 14.3. The van der Waals surface area contributed by atoms with Crippen molar-refractivity contribution in [1.82, 2.24) is 10.4 Å². The van der Waals surface area contributed by atoms with E-state index in [-0.39, 0.29) is 11.7 Å². The minimum absolute atomic E-state index is 0.228. The molecule has 0 fully saturated rings. The van der Waals surface area contributed by atoms with Gasteiger partial charge in [-0.25, -0.2) is 10.4 Å². The number of rotatable bonds is 4. The summed E-state index contributed by atoms with van der Waals surface area (Å²) in [5.41, 5.74) is 5.90. The van der Waals surface area contributed by atoms with E-state index in [1.807, 2.05) is 31.2 Å². The van der Waals surface area contributed by atoms with E-state index < -0.39 is 5.91 Å². The van der Waals surface area contributed by atoms with E-state index in [2.05, 4.69) is 20.8 Å². The van der Waals surface area contributed by atoms with E-state index in [0.717, 1.165) is 22.2 Å². The number of hydrogen-bond donors (Lipinski definition) is 2. The largest absolute Gasteiger partial charge is 0.455 e. The number of amides is 2. The predicted octanol–water partition coefficient (Wildman–Crippen LogP) is 5.57. The SMILES string of the molecule is Cc1c(C(=O)Nc2nc3ccccc3s2)oc2c1/C(=N/NC(=O)c1ccccc1Cl)CCC2. The Morgan fingerprint density at radius 2 is 1.88 bits per heavy atom. The monoisotopic (exact) mass is 478 g/mol. The van der Waals surface area contributed by atoms with Crippen molar-refractivity contribution in [2.24, 2.45) is 5.10 Å². The highest BCUT2D eigenvalue weighted by molar-refractivity contribution is 7.22. The fraction of sp³-hybridized carbons (Fsp3) is 0.167. The zero-order valence-electron chi connectivity index (χ0n) is 17.6. The van der Waals surface area contributed by atoms with E-state index in [1.54, 1.807) is 24.3 Å². The van der Waals surface area contributed by atoms with Gasteiger partial charge in [0.15, 0.2) is 10.9 Å². The van der Waals surface area contributed by atoms with Crippen molar-refractivity contribution in [2.75, 3.05) is 5.32 Å². The fourth-order valence-corrected chi connectivity index (χ4v) is 4.98. The maximum absolute atomic E-state index is 13.0. The van der Waals surface area contributed by atoms with Gasteiger partial charge in [-0.05, 0) is 44.0 Å². The second kappa shape index (κ2) is 8.80. The molecule has 0 saturated carbocycles. The molecule has 0 spiro atoms. The van der Waals surface area contributed by atoms with Crippen molar-refractivity contribution in [3.05, 3.63) is 81.8 Å². The third-order valence-corrected chi connectivity index (χ3v) is 6.74. The number of furan rings is 1. The topological polar surface area (TPSA) is 96.6 Å². The Bertz CT molecular complexity index is 1390. The number of nitrogens with zero attached hydrogens (tertiary/aromatic N) is 2. The molecule has 1 aliphatic carbocycles. The summed E-state index contributed by atoms with van der Waals surface area (Å²) in [6.07, 6.45) is 2.16. The minimum atomic E-state index is -0.393. The third kappa shape index (κ3) is 4.15. The molecule has 0 atom stereocenters. The number of aryl methyl sites for hydroxylation is 1. The number of fused-ring (bicyclic) bond motifs is 2. The maximum Gasteiger partial charge on any atom is 0.293 e. The number of thiazole rings is 1. The van der Waals surface area contributed by atoms with Crippen molar-refractivity contribution in [1.29, 1.82) is 0 Å². The van der Waals surface area contributed by atoms with Crippen LogP contribution in [0.5, 0.6) is 0 Å². The summed E-state index contributed by atoms with van der Waals surface area (Å²) >= 11 is 7.51. The van der Waals surface area contributed by atoms with Gasteiger partial charge in [0.05, 0.1) is 26.5 Å². The number of hydrogen-bond acceptors (Lipinski definition) is 6. The predicted molar refractivity (Wildman–Crippen MR) is 129 cm³/mol. The minimum Gasteiger partial charge on any atom is -0.455 e. The molecule has 9 heteroatoms. The summed E-state index contributed by atoms with van der Waals surface area (Å²) < 4.78 is 6.93. The van der Waals surface area contributed by atoms with Crippen LogP contribution in [0.1, 0.15) is 50.6 Å². The number of benzene rings is 2. The van der Waals surface area contributed by atoms with Gasteiger partial charge in [-0.1, -0.05) is 47.2 Å². The van der Waals surface area contributed by atoms with Crippen LogP contribution in [0.2, 0.25) is 5.02 Å². The molecule has 1 aliphatic rings. The summed E-state index contributed by atoms with van der Waals surface area (Å²) in [6, 6.07) is 14.5. The average Bonchev–Trinajstić information content (AvgIpc) is 3.38. The molecule has 2 aromatic heterocycles. The van der Waals surface area contributed by atoms with Crippen LogP contribution in [0, 0.1) is 6.92 Å². The van der Waals surface area contributed by atoms with E-state index in [9.17, 15) is 9.59 Å². The van der Waals surface area contributed by atoms with E-state index in [1.165, 1.54) is 11.3 Å². The molecule has 33 heavy (non-hydrogen) atoms. The summed E-state index contributed by atoms with van der Waals surface area (Å²) in [4.78, 5) is 29.9. The van der Waals surface area contributed by atoms with Gasteiger partial charge < -0.3 is 4.42 Å². The molecule has 5 rings (SSSR count). The van der Waals surface area contributed by atoms with Crippen LogP contribution in [-0.4, -0.2) is 22.5 Å². The first-order valence-electron chi connectivity index (χ1n) is 10.4. The van der Waals surface area contributed by atoms with Gasteiger partial charge in [0.2, 0.25) is 0 Å². The van der Waals surface area contributed by atoms with Gasteiger partial charge in [0, 0.05) is 17.5 Å². The van der Waals surface area contributed by atoms with Crippen LogP contribution in [0.4, 0.5) is 5.13 Å². The highest BCUT2D eigenvalue weighted by atomic mass is 35.5. The lowest BCUT2D eigenvalue weighted by molar-refractivity contribution is 0.0953. The van der Waals surface area contributed by atoms with Crippen molar-refractivity contribution in [2.45, 2.75) is 26.2 Å². The number of nitrogens with one attached hydrogen (secondary N) is 2. The van der Waals surface area contributed by atoms with Gasteiger partial charge in [-0.3, -0.25) is 14.9 Å². The summed E-state index contributed by atoms with van der Waals surface area (Å²) in [7, 11) is 0. The van der Waals surface area contributed by atoms with Gasteiger partial charge in [-0.2, -0.15) is 5.10 Å². The lowest BCUT2D eigenvalue weighted by Gasteiger charge is -2.13. The van der Waals surface area contributed by atoms with Gasteiger partial charge in [-0.15, -0.1) is 0 Å². The zero-order valence-corrected chi connectivity index (χ0v) is 19.2. The Morgan fingerprint density at radius 3 is 2.70 bits per heavy atom. The zero-order chi connectivity index (χ0) is 22.9. The van der Waals surface area contributed by atoms with E-state index >= 15 is 0 Å². The molecule has 0 unspecified atom stereocenters. The molecule has 7 nitrogen and oxygen atoms in total. The molecule has 4 aromatic rings. The Kier molecular flexibility index (Phi) is 5.70. The smallest absolute Gasteiger partial charge is 0.293 e. The highest BCUT2D eigenvalue weighted by Gasteiger charge is 2.28. The molecule has 2 amide bonds. The summed E-state index contributed by atoms with van der Waals surface area (Å²) in [6.45, 7) is 1.83. The second-order valence-electron chi connectivity index (χ2n) is 7.63. The Labute approximate surface area is 198 Å². The molecule has 166 valence electrons. The van der Waals surface area contributed by atoms with E-state index in [0.29, 0.717) is 45.6 Å². The number of anilines is 1. The Hall–Kier alpha value is -3.49. The number of para-hydroxylation sites is 1. The Morgan fingerprint density at radius 1 is 1.09 bits per heavy atom. The van der Waals surface area contributed by atoms with Crippen LogP contribution >= 0.6 is 22.9 Å². The van der Waals surface area contributed by atoms with Crippen molar-refractivity contribution < 1.29 is 14.0 Å². The molecule has 0 aliphatic heterocycles. The average molecular weight is 479 g/mol. The van der Waals surface area contributed by atoms with Crippen LogP contribution in [0.15, 0.2) is 58.0 Å². The van der Waals surface area contributed by atoms with Crippen molar-refractivity contribution >= 4 is 55.8 Å². The van der Waals surface area contributed by atoms with Crippen LogP contribution < -0.4 is 10.7 Å². The molecule has 0 radical (unpaired) electrons. The van der Waals surface area contributed by atoms with E-state index in [4.69, 9.17) is 16.0 Å². The molecular weight excluding hydrogens is 460 g/mol. The number of hydrazone groups is 1. The third-order valence-electron chi connectivity index (χ3n) is 5.46. The van der Waals surface area contributed by atoms with Crippen LogP contribution in [0.3, 0.4) is 0 Å². The maximum atomic E-state index is 13.0. The molecule has 2 aromatic carbocycles.